The van der Waals surface area contributed by atoms with Gasteiger partial charge in [-0.2, -0.15) is 4.31 Å². The van der Waals surface area contributed by atoms with Crippen LogP contribution in [0.2, 0.25) is 0 Å². The van der Waals surface area contributed by atoms with Crippen molar-refractivity contribution < 1.29 is 22.7 Å². The van der Waals surface area contributed by atoms with Gasteiger partial charge in [-0.05, 0) is 38.8 Å². The fraction of sp³-hybridized carbons (Fsp3) is 0.500. The van der Waals surface area contributed by atoms with E-state index >= 15 is 0 Å². The maximum atomic E-state index is 12.4. The summed E-state index contributed by atoms with van der Waals surface area (Å²) in [7, 11) is -2.49. The first-order chi connectivity index (χ1) is 11.2. The van der Waals surface area contributed by atoms with Crippen molar-refractivity contribution in [1.82, 2.24) is 9.62 Å². The molecule has 0 aromatic heterocycles. The topological polar surface area (TPSA) is 92.8 Å². The van der Waals surface area contributed by atoms with E-state index in [0.717, 1.165) is 22.7 Å². The van der Waals surface area contributed by atoms with E-state index in [1.54, 1.807) is 12.1 Å². The molecule has 0 radical (unpaired) electrons. The third-order valence-electron chi connectivity index (χ3n) is 3.68. The van der Waals surface area contributed by atoms with E-state index in [-0.39, 0.29) is 16.8 Å². The number of aryl methyl sites for hydroxylation is 1. The minimum atomic E-state index is -3.78. The number of benzene rings is 1. The Hall–Kier alpha value is -1.93. The molecule has 1 aromatic carbocycles. The molecule has 1 aromatic rings. The van der Waals surface area contributed by atoms with Gasteiger partial charge in [0.15, 0.2) is 6.10 Å². The second-order valence-corrected chi connectivity index (χ2v) is 8.03. The molecule has 0 aliphatic heterocycles. The van der Waals surface area contributed by atoms with E-state index in [9.17, 15) is 18.0 Å². The summed E-state index contributed by atoms with van der Waals surface area (Å²) in [5.41, 5.74) is 0.937. The van der Waals surface area contributed by atoms with Gasteiger partial charge < -0.3 is 10.1 Å². The molecule has 0 bridgehead atoms. The van der Waals surface area contributed by atoms with E-state index in [4.69, 9.17) is 4.74 Å². The molecule has 0 saturated heterocycles. The summed E-state index contributed by atoms with van der Waals surface area (Å²) in [5.74, 6) is -1.14. The summed E-state index contributed by atoms with van der Waals surface area (Å²) >= 11 is 0. The largest absolute Gasteiger partial charge is 0.452 e. The number of esters is 1. The average Bonchev–Trinajstić information content (AvgIpc) is 3.31. The van der Waals surface area contributed by atoms with Crippen LogP contribution in [0.1, 0.15) is 25.3 Å². The van der Waals surface area contributed by atoms with E-state index in [0.29, 0.717) is 0 Å². The minimum absolute atomic E-state index is 0.0999. The Balaban J connectivity index is 1.92. The van der Waals surface area contributed by atoms with Crippen molar-refractivity contribution in [3.8, 4) is 0 Å². The second kappa shape index (κ2) is 7.31. The van der Waals surface area contributed by atoms with Crippen LogP contribution in [0, 0.1) is 6.92 Å². The van der Waals surface area contributed by atoms with Crippen LogP contribution in [0.15, 0.2) is 29.2 Å². The molecule has 0 unspecified atom stereocenters. The molecule has 1 saturated carbocycles. The molecule has 7 nitrogen and oxygen atoms in total. The summed E-state index contributed by atoms with van der Waals surface area (Å²) < 4.78 is 30.7. The van der Waals surface area contributed by atoms with Crippen LogP contribution >= 0.6 is 0 Å². The fourth-order valence-electron chi connectivity index (χ4n) is 1.99. The van der Waals surface area contributed by atoms with Gasteiger partial charge in [0.05, 0.1) is 4.90 Å². The molecule has 0 heterocycles. The molecule has 1 atom stereocenters. The number of ether oxygens (including phenoxy) is 1. The van der Waals surface area contributed by atoms with E-state index < -0.39 is 28.6 Å². The standard InChI is InChI=1S/C16H22N2O5S/c1-11-4-8-14(9-5-11)24(21,22)18(3)10-15(19)23-12(2)16(20)17-13-6-7-13/h4-5,8-9,12-13H,6-7,10H2,1-3H3,(H,17,20)/t12-/m1/s1. The molecule has 1 N–H and O–H groups in total. The first-order valence-corrected chi connectivity index (χ1v) is 9.17. The number of carbonyl (C=O) groups is 2. The van der Waals surface area contributed by atoms with Gasteiger partial charge in [0.1, 0.15) is 6.54 Å². The zero-order valence-electron chi connectivity index (χ0n) is 14.0. The lowest BCUT2D eigenvalue weighted by Crippen LogP contribution is -2.40. The normalized spacial score (nSPS) is 15.8. The summed E-state index contributed by atoms with van der Waals surface area (Å²) in [6.45, 7) is 2.85. The first kappa shape index (κ1) is 18.4. The highest BCUT2D eigenvalue weighted by Gasteiger charge is 2.28. The number of hydrogen-bond acceptors (Lipinski definition) is 5. The van der Waals surface area contributed by atoms with Gasteiger partial charge in [-0.25, -0.2) is 8.42 Å². The van der Waals surface area contributed by atoms with Crippen LogP contribution in [-0.4, -0.2) is 50.3 Å². The van der Waals surface area contributed by atoms with Gasteiger partial charge in [0, 0.05) is 13.1 Å². The number of likely N-dealkylation sites (N-methyl/N-ethyl adjacent to an activating group) is 1. The quantitative estimate of drug-likeness (QED) is 0.732. The van der Waals surface area contributed by atoms with Crippen molar-refractivity contribution in [1.29, 1.82) is 0 Å². The minimum Gasteiger partial charge on any atom is -0.452 e. The summed E-state index contributed by atoms with van der Waals surface area (Å²) in [6.07, 6.45) is 0.919. The predicted octanol–water partition coefficient (Wildman–Crippen LogP) is 0.826. The number of amides is 1. The Morgan fingerprint density at radius 3 is 2.42 bits per heavy atom. The molecule has 24 heavy (non-hydrogen) atoms. The third-order valence-corrected chi connectivity index (χ3v) is 5.50. The van der Waals surface area contributed by atoms with Crippen LogP contribution in [0.5, 0.6) is 0 Å². The van der Waals surface area contributed by atoms with Crippen molar-refractivity contribution in [3.05, 3.63) is 29.8 Å². The average molecular weight is 354 g/mol. The zero-order chi connectivity index (χ0) is 17.9. The number of rotatable bonds is 7. The van der Waals surface area contributed by atoms with Crippen LogP contribution in [-0.2, 0) is 24.3 Å². The van der Waals surface area contributed by atoms with Crippen molar-refractivity contribution in [2.75, 3.05) is 13.6 Å². The molecule has 1 aliphatic carbocycles. The second-order valence-electron chi connectivity index (χ2n) is 5.99. The monoisotopic (exact) mass is 354 g/mol. The van der Waals surface area contributed by atoms with Gasteiger partial charge in [0.25, 0.3) is 5.91 Å². The molecule has 132 valence electrons. The van der Waals surface area contributed by atoms with Crippen molar-refractivity contribution in [2.45, 2.75) is 43.7 Å². The maximum Gasteiger partial charge on any atom is 0.322 e. The number of sulfonamides is 1. The highest BCUT2D eigenvalue weighted by molar-refractivity contribution is 7.89. The van der Waals surface area contributed by atoms with Gasteiger partial charge in [0.2, 0.25) is 10.0 Å². The highest BCUT2D eigenvalue weighted by Crippen LogP contribution is 2.19. The van der Waals surface area contributed by atoms with Crippen LogP contribution in [0.3, 0.4) is 0 Å². The predicted molar refractivity (Wildman–Crippen MR) is 87.7 cm³/mol. The molecule has 1 amide bonds. The number of nitrogens with zero attached hydrogens (tertiary/aromatic N) is 1. The number of nitrogens with one attached hydrogen (secondary N) is 1. The van der Waals surface area contributed by atoms with Crippen molar-refractivity contribution in [3.63, 3.8) is 0 Å². The van der Waals surface area contributed by atoms with Gasteiger partial charge in [-0.15, -0.1) is 0 Å². The highest BCUT2D eigenvalue weighted by atomic mass is 32.2. The van der Waals surface area contributed by atoms with E-state index in [1.807, 2.05) is 6.92 Å². The van der Waals surface area contributed by atoms with Gasteiger partial charge >= 0.3 is 5.97 Å². The van der Waals surface area contributed by atoms with Gasteiger partial charge in [-0.3, -0.25) is 9.59 Å². The first-order valence-electron chi connectivity index (χ1n) is 7.73. The Bertz CT molecular complexity index is 710. The Morgan fingerprint density at radius 2 is 1.88 bits per heavy atom. The molecule has 0 spiro atoms. The lowest BCUT2D eigenvalue weighted by Gasteiger charge is -2.18. The molecular weight excluding hydrogens is 332 g/mol. The number of carbonyl (C=O) groups excluding carboxylic acids is 2. The van der Waals surface area contributed by atoms with Crippen LogP contribution in [0.4, 0.5) is 0 Å². The Morgan fingerprint density at radius 1 is 1.29 bits per heavy atom. The number of hydrogen-bond donors (Lipinski definition) is 1. The zero-order valence-corrected chi connectivity index (χ0v) is 14.8. The molecule has 2 rings (SSSR count). The Kier molecular flexibility index (Phi) is 5.61. The SMILES string of the molecule is Cc1ccc(S(=O)(=O)N(C)CC(=O)O[C@H](C)C(=O)NC2CC2)cc1. The summed E-state index contributed by atoms with van der Waals surface area (Å²) in [6, 6.07) is 6.51. The Labute approximate surface area is 142 Å². The molecule has 8 heteroatoms. The molecule has 1 fully saturated rings. The smallest absolute Gasteiger partial charge is 0.322 e. The molecular formula is C16H22N2O5S. The molecule has 1 aliphatic rings. The lowest BCUT2D eigenvalue weighted by atomic mass is 10.2. The van der Waals surface area contributed by atoms with E-state index in [2.05, 4.69) is 5.32 Å². The maximum absolute atomic E-state index is 12.4. The van der Waals surface area contributed by atoms with Gasteiger partial charge in [-0.1, -0.05) is 17.7 Å². The summed E-state index contributed by atoms with van der Waals surface area (Å²) in [5, 5.41) is 2.73. The van der Waals surface area contributed by atoms with Crippen molar-refractivity contribution >= 4 is 21.9 Å². The van der Waals surface area contributed by atoms with Crippen molar-refractivity contribution in [2.24, 2.45) is 0 Å². The van der Waals surface area contributed by atoms with Crippen LogP contribution in [0.25, 0.3) is 0 Å². The third kappa shape index (κ3) is 4.78. The fourth-order valence-corrected chi connectivity index (χ4v) is 3.11. The lowest BCUT2D eigenvalue weighted by molar-refractivity contribution is -0.154. The van der Waals surface area contributed by atoms with Crippen LogP contribution < -0.4 is 5.32 Å². The van der Waals surface area contributed by atoms with E-state index in [1.165, 1.54) is 26.1 Å². The summed E-state index contributed by atoms with van der Waals surface area (Å²) in [4.78, 5) is 23.7.